The number of hydrogen-bond acceptors (Lipinski definition) is 4. The van der Waals surface area contributed by atoms with Gasteiger partial charge in [-0.25, -0.2) is 0 Å². The second-order valence-electron chi connectivity index (χ2n) is 7.10. The lowest BCUT2D eigenvalue weighted by atomic mass is 10.00. The minimum Gasteiger partial charge on any atom is -0.281 e. The molecule has 1 atom stereocenters. The fourth-order valence-electron chi connectivity index (χ4n) is 3.81. The molecule has 1 fully saturated rings. The van der Waals surface area contributed by atoms with Gasteiger partial charge in [0.25, 0.3) is 11.8 Å². The fourth-order valence-corrected chi connectivity index (χ4v) is 4.96. The van der Waals surface area contributed by atoms with Crippen molar-refractivity contribution in [2.75, 3.05) is 13.1 Å². The van der Waals surface area contributed by atoms with Crippen LogP contribution in [-0.4, -0.2) is 35.8 Å². The normalized spacial score (nSPS) is 21.0. The van der Waals surface area contributed by atoms with Gasteiger partial charge in [0.05, 0.1) is 17.5 Å². The maximum atomic E-state index is 12.5. The summed E-state index contributed by atoms with van der Waals surface area (Å²) in [6.45, 7) is 1.29. The highest BCUT2D eigenvalue weighted by atomic mass is 32.1. The third-order valence-electron chi connectivity index (χ3n) is 5.23. The van der Waals surface area contributed by atoms with Crippen LogP contribution in [0.4, 0.5) is 0 Å². The standard InChI is InChI=1S/C20H27N3O2S/c1-2-12-23-13-8-7-10-16(23)19(24)21-22-20(25)18-14-15-9-5-3-4-6-11-17(15)26-18/h1,14,16H,3-13H2,(H,21,24)(H,22,25). The van der Waals surface area contributed by atoms with Crippen LogP contribution in [0.1, 0.15) is 65.1 Å². The number of hydrogen-bond donors (Lipinski definition) is 2. The molecule has 26 heavy (non-hydrogen) atoms. The zero-order valence-electron chi connectivity index (χ0n) is 15.2. The second-order valence-corrected chi connectivity index (χ2v) is 8.24. The van der Waals surface area contributed by atoms with E-state index in [1.54, 1.807) is 11.3 Å². The van der Waals surface area contributed by atoms with Crippen LogP contribution >= 0.6 is 11.3 Å². The average molecular weight is 374 g/mol. The molecule has 1 unspecified atom stereocenters. The van der Waals surface area contributed by atoms with E-state index in [1.807, 2.05) is 11.0 Å². The van der Waals surface area contributed by atoms with Crippen LogP contribution in [0.15, 0.2) is 6.07 Å². The highest BCUT2D eigenvalue weighted by Gasteiger charge is 2.28. The number of nitrogens with zero attached hydrogens (tertiary/aromatic N) is 1. The van der Waals surface area contributed by atoms with Gasteiger partial charge in [0.15, 0.2) is 0 Å². The Labute approximate surface area is 159 Å². The number of likely N-dealkylation sites (tertiary alicyclic amines) is 1. The highest BCUT2D eigenvalue weighted by Crippen LogP contribution is 2.28. The molecule has 2 aliphatic rings. The first kappa shape index (κ1) is 18.9. The van der Waals surface area contributed by atoms with E-state index in [0.29, 0.717) is 11.4 Å². The van der Waals surface area contributed by atoms with Crippen molar-refractivity contribution in [1.82, 2.24) is 15.8 Å². The molecule has 0 aromatic carbocycles. The molecule has 1 aliphatic heterocycles. The number of fused-ring (bicyclic) bond motifs is 1. The number of piperidine rings is 1. The lowest BCUT2D eigenvalue weighted by Gasteiger charge is -2.33. The minimum absolute atomic E-state index is 0.178. The number of terminal acetylenes is 1. The fraction of sp³-hybridized carbons (Fsp3) is 0.600. The van der Waals surface area contributed by atoms with Crippen molar-refractivity contribution in [3.63, 3.8) is 0 Å². The molecule has 1 aliphatic carbocycles. The Morgan fingerprint density at radius 3 is 2.77 bits per heavy atom. The van der Waals surface area contributed by atoms with Gasteiger partial charge < -0.3 is 0 Å². The Balaban J connectivity index is 1.57. The molecular weight excluding hydrogens is 346 g/mol. The van der Waals surface area contributed by atoms with Crippen LogP contribution in [0, 0.1) is 12.3 Å². The molecule has 0 spiro atoms. The number of hydrazine groups is 1. The Hall–Kier alpha value is -1.84. The summed E-state index contributed by atoms with van der Waals surface area (Å²) in [4.78, 5) is 29.0. The first-order valence-electron chi connectivity index (χ1n) is 9.58. The molecule has 140 valence electrons. The van der Waals surface area contributed by atoms with Crippen molar-refractivity contribution >= 4 is 23.2 Å². The third kappa shape index (κ3) is 4.66. The summed E-state index contributed by atoms with van der Waals surface area (Å²) in [7, 11) is 0. The quantitative estimate of drug-likeness (QED) is 0.633. The molecule has 1 aromatic rings. The number of rotatable bonds is 3. The lowest BCUT2D eigenvalue weighted by Crippen LogP contribution is -2.53. The highest BCUT2D eigenvalue weighted by molar-refractivity contribution is 7.14. The summed E-state index contributed by atoms with van der Waals surface area (Å²) in [5.74, 6) is 2.21. The first-order valence-corrected chi connectivity index (χ1v) is 10.4. The number of thiophene rings is 1. The summed E-state index contributed by atoms with van der Waals surface area (Å²) in [6.07, 6.45) is 15.3. The molecular formula is C20H27N3O2S. The summed E-state index contributed by atoms with van der Waals surface area (Å²) in [6, 6.07) is 1.74. The molecule has 2 amide bonds. The van der Waals surface area contributed by atoms with Crippen LogP contribution in [-0.2, 0) is 17.6 Å². The zero-order valence-corrected chi connectivity index (χ0v) is 16.0. The Bertz CT molecular complexity index is 666. The van der Waals surface area contributed by atoms with E-state index in [-0.39, 0.29) is 17.9 Å². The largest absolute Gasteiger partial charge is 0.281 e. The number of amides is 2. The average Bonchev–Trinajstić information content (AvgIpc) is 3.02. The number of aryl methyl sites for hydroxylation is 2. The first-order chi connectivity index (χ1) is 12.7. The van der Waals surface area contributed by atoms with Crippen LogP contribution in [0.2, 0.25) is 0 Å². The van der Waals surface area contributed by atoms with Crippen molar-refractivity contribution in [3.05, 3.63) is 21.4 Å². The predicted molar refractivity (Wildman–Crippen MR) is 104 cm³/mol. The molecule has 0 saturated carbocycles. The maximum Gasteiger partial charge on any atom is 0.279 e. The van der Waals surface area contributed by atoms with Gasteiger partial charge in [-0.2, -0.15) is 0 Å². The SMILES string of the molecule is C#CCN1CCCCC1C(=O)NNC(=O)c1cc2c(s1)CCCCCC2. The van der Waals surface area contributed by atoms with Gasteiger partial charge in [-0.15, -0.1) is 17.8 Å². The van der Waals surface area contributed by atoms with Gasteiger partial charge in [-0.1, -0.05) is 25.2 Å². The summed E-state index contributed by atoms with van der Waals surface area (Å²) >= 11 is 1.56. The second kappa shape index (κ2) is 9.20. The van der Waals surface area contributed by atoms with E-state index >= 15 is 0 Å². The lowest BCUT2D eigenvalue weighted by molar-refractivity contribution is -0.128. The van der Waals surface area contributed by atoms with Gasteiger partial charge >= 0.3 is 0 Å². The van der Waals surface area contributed by atoms with Gasteiger partial charge in [-0.3, -0.25) is 25.3 Å². The third-order valence-corrected chi connectivity index (χ3v) is 6.47. The topological polar surface area (TPSA) is 61.4 Å². The number of carbonyl (C=O) groups is 2. The monoisotopic (exact) mass is 373 g/mol. The molecule has 1 saturated heterocycles. The molecule has 0 bridgehead atoms. The Kier molecular flexibility index (Phi) is 6.70. The van der Waals surface area contributed by atoms with Crippen molar-refractivity contribution in [2.45, 2.75) is 63.8 Å². The Morgan fingerprint density at radius 2 is 1.96 bits per heavy atom. The predicted octanol–water partition coefficient (Wildman–Crippen LogP) is 2.66. The van der Waals surface area contributed by atoms with Crippen LogP contribution in [0.25, 0.3) is 0 Å². The maximum absolute atomic E-state index is 12.5. The van der Waals surface area contributed by atoms with E-state index in [4.69, 9.17) is 6.42 Å². The summed E-state index contributed by atoms with van der Waals surface area (Å²) in [5.41, 5.74) is 6.50. The van der Waals surface area contributed by atoms with Gasteiger partial charge in [-0.05, 0) is 56.7 Å². The molecule has 1 aromatic heterocycles. The molecule has 2 N–H and O–H groups in total. The van der Waals surface area contributed by atoms with Gasteiger partial charge in [0.2, 0.25) is 0 Å². The number of nitrogens with one attached hydrogen (secondary N) is 2. The minimum atomic E-state index is -0.260. The van der Waals surface area contributed by atoms with Crippen LogP contribution in [0.5, 0.6) is 0 Å². The molecule has 6 heteroatoms. The molecule has 5 nitrogen and oxygen atoms in total. The number of carbonyl (C=O) groups excluding carboxylic acids is 2. The van der Waals surface area contributed by atoms with E-state index in [2.05, 4.69) is 16.8 Å². The smallest absolute Gasteiger partial charge is 0.279 e. The molecule has 2 heterocycles. The van der Waals surface area contributed by atoms with E-state index in [1.165, 1.54) is 36.1 Å². The van der Waals surface area contributed by atoms with Crippen molar-refractivity contribution in [1.29, 1.82) is 0 Å². The van der Waals surface area contributed by atoms with E-state index in [9.17, 15) is 9.59 Å². The van der Waals surface area contributed by atoms with E-state index < -0.39 is 0 Å². The molecule has 0 radical (unpaired) electrons. The van der Waals surface area contributed by atoms with Crippen molar-refractivity contribution < 1.29 is 9.59 Å². The zero-order chi connectivity index (χ0) is 18.4. The van der Waals surface area contributed by atoms with Gasteiger partial charge in [0, 0.05) is 4.88 Å². The van der Waals surface area contributed by atoms with Crippen LogP contribution in [0.3, 0.4) is 0 Å². The van der Waals surface area contributed by atoms with Crippen LogP contribution < -0.4 is 10.9 Å². The Morgan fingerprint density at radius 1 is 1.15 bits per heavy atom. The van der Waals surface area contributed by atoms with E-state index in [0.717, 1.165) is 38.6 Å². The molecule has 3 rings (SSSR count). The van der Waals surface area contributed by atoms with Crippen molar-refractivity contribution in [3.8, 4) is 12.3 Å². The summed E-state index contributed by atoms with van der Waals surface area (Å²) < 4.78 is 0. The van der Waals surface area contributed by atoms with Gasteiger partial charge in [0.1, 0.15) is 0 Å². The summed E-state index contributed by atoms with van der Waals surface area (Å²) in [5, 5.41) is 0. The van der Waals surface area contributed by atoms with Crippen molar-refractivity contribution in [2.24, 2.45) is 0 Å².